The number of likely N-dealkylation sites (N-methyl/N-ethyl adjacent to an activating group) is 1. The fourth-order valence-corrected chi connectivity index (χ4v) is 2.80. The Morgan fingerprint density at radius 3 is 2.50 bits per heavy atom. The molecule has 0 heterocycles. The van der Waals surface area contributed by atoms with Crippen molar-refractivity contribution in [3.63, 3.8) is 0 Å². The highest BCUT2D eigenvalue weighted by molar-refractivity contribution is 14.0. The van der Waals surface area contributed by atoms with Gasteiger partial charge in [-0.15, -0.1) is 24.0 Å². The molecule has 0 fully saturated rings. The minimum Gasteiger partial charge on any atom is -0.494 e. The maximum absolute atomic E-state index is 12.3. The van der Waals surface area contributed by atoms with Crippen LogP contribution < -0.4 is 20.7 Å². The maximum atomic E-state index is 12.3. The molecule has 0 saturated heterocycles. The van der Waals surface area contributed by atoms with Gasteiger partial charge in [-0.25, -0.2) is 4.99 Å². The molecule has 32 heavy (non-hydrogen) atoms. The van der Waals surface area contributed by atoms with Crippen molar-refractivity contribution in [2.75, 3.05) is 46.9 Å². The lowest BCUT2D eigenvalue weighted by molar-refractivity contribution is 0.0951. The van der Waals surface area contributed by atoms with Crippen LogP contribution in [0, 0.1) is 0 Å². The zero-order chi connectivity index (χ0) is 22.3. The second-order valence-electron chi connectivity index (χ2n) is 7.40. The number of hydrogen-bond acceptors (Lipinski definition) is 4. The molecule has 0 atom stereocenters. The molecular weight excluding hydrogens is 517 g/mol. The van der Waals surface area contributed by atoms with Crippen molar-refractivity contribution in [2.45, 2.75) is 19.9 Å². The van der Waals surface area contributed by atoms with Gasteiger partial charge < -0.3 is 25.6 Å². The fraction of sp³-hybridized carbons (Fsp3) is 0.417. The Kier molecular flexibility index (Phi) is 14.1. The molecule has 0 aliphatic heterocycles. The minimum absolute atomic E-state index is 0. The molecule has 1 amide bonds. The van der Waals surface area contributed by atoms with Gasteiger partial charge >= 0.3 is 0 Å². The third-order valence-corrected chi connectivity index (χ3v) is 4.42. The molecule has 3 N–H and O–H groups in total. The predicted molar refractivity (Wildman–Crippen MR) is 142 cm³/mol. The summed E-state index contributed by atoms with van der Waals surface area (Å²) in [7, 11) is 3.97. The molecule has 0 spiro atoms. The summed E-state index contributed by atoms with van der Waals surface area (Å²) in [5.74, 6) is 1.58. The van der Waals surface area contributed by atoms with Crippen LogP contribution in [0.15, 0.2) is 59.6 Å². The lowest BCUT2D eigenvalue weighted by Gasteiger charge is -2.12. The Morgan fingerprint density at radius 2 is 1.78 bits per heavy atom. The number of benzene rings is 2. The van der Waals surface area contributed by atoms with Crippen molar-refractivity contribution in [3.05, 3.63) is 65.7 Å². The first-order valence-corrected chi connectivity index (χ1v) is 10.8. The number of nitrogens with one attached hydrogen (secondary N) is 3. The number of carbonyl (C=O) groups is 1. The van der Waals surface area contributed by atoms with Gasteiger partial charge in [0.1, 0.15) is 5.75 Å². The van der Waals surface area contributed by atoms with Crippen LogP contribution in [0.3, 0.4) is 0 Å². The summed E-state index contributed by atoms with van der Waals surface area (Å²) in [5.41, 5.74) is 1.65. The van der Waals surface area contributed by atoms with Gasteiger partial charge in [-0.05, 0) is 57.3 Å². The van der Waals surface area contributed by atoms with Crippen LogP contribution in [0.25, 0.3) is 0 Å². The molecule has 2 aromatic rings. The van der Waals surface area contributed by atoms with E-state index in [1.54, 1.807) is 0 Å². The molecule has 0 saturated carbocycles. The van der Waals surface area contributed by atoms with Crippen molar-refractivity contribution < 1.29 is 9.53 Å². The third kappa shape index (κ3) is 11.3. The van der Waals surface area contributed by atoms with Crippen molar-refractivity contribution in [3.8, 4) is 5.75 Å². The highest BCUT2D eigenvalue weighted by Gasteiger charge is 2.06. The lowest BCUT2D eigenvalue weighted by Crippen LogP contribution is -2.38. The second-order valence-corrected chi connectivity index (χ2v) is 7.40. The number of para-hydroxylation sites is 1. The Labute approximate surface area is 209 Å². The molecule has 2 rings (SSSR count). The van der Waals surface area contributed by atoms with Gasteiger partial charge in [0.25, 0.3) is 5.91 Å². The maximum Gasteiger partial charge on any atom is 0.251 e. The van der Waals surface area contributed by atoms with E-state index in [0.717, 1.165) is 43.3 Å². The average Bonchev–Trinajstić information content (AvgIpc) is 2.77. The van der Waals surface area contributed by atoms with Crippen LogP contribution >= 0.6 is 24.0 Å². The summed E-state index contributed by atoms with van der Waals surface area (Å²) in [6.45, 7) is 6.14. The van der Waals surface area contributed by atoms with Crippen LogP contribution in [0.1, 0.15) is 29.3 Å². The second kappa shape index (κ2) is 16.3. The fourth-order valence-electron chi connectivity index (χ4n) is 2.80. The van der Waals surface area contributed by atoms with E-state index >= 15 is 0 Å². The molecule has 0 radical (unpaired) electrons. The Morgan fingerprint density at radius 1 is 1.00 bits per heavy atom. The van der Waals surface area contributed by atoms with E-state index in [4.69, 9.17) is 4.74 Å². The first kappa shape index (κ1) is 27.7. The molecule has 176 valence electrons. The first-order valence-electron chi connectivity index (χ1n) is 10.8. The Bertz CT molecular complexity index is 815. The summed E-state index contributed by atoms with van der Waals surface area (Å²) < 4.78 is 5.71. The van der Waals surface area contributed by atoms with Gasteiger partial charge in [0.15, 0.2) is 5.96 Å². The van der Waals surface area contributed by atoms with Crippen molar-refractivity contribution >= 4 is 35.8 Å². The quantitative estimate of drug-likeness (QED) is 0.163. The number of carbonyl (C=O) groups excluding carboxylic acids is 1. The molecule has 0 aliphatic carbocycles. The number of aliphatic imine (C=N–C) groups is 1. The van der Waals surface area contributed by atoms with Gasteiger partial charge in [0, 0.05) is 31.7 Å². The first-order chi connectivity index (χ1) is 15.1. The zero-order valence-corrected chi connectivity index (χ0v) is 21.6. The molecule has 0 unspecified atom stereocenters. The molecular formula is C24H36IN5O2. The Balaban J connectivity index is 0.00000512. The highest BCUT2D eigenvalue weighted by Crippen LogP contribution is 2.08. The molecule has 0 bridgehead atoms. The van der Waals surface area contributed by atoms with Crippen LogP contribution in [0.5, 0.6) is 5.75 Å². The number of rotatable bonds is 12. The number of nitrogens with zero attached hydrogens (tertiary/aromatic N) is 2. The molecule has 0 aromatic heterocycles. The summed E-state index contributed by atoms with van der Waals surface area (Å²) >= 11 is 0. The summed E-state index contributed by atoms with van der Waals surface area (Å²) in [6, 6.07) is 17.4. The smallest absolute Gasteiger partial charge is 0.251 e. The summed E-state index contributed by atoms with van der Waals surface area (Å²) in [6.07, 6.45) is 0.863. The predicted octanol–water partition coefficient (Wildman–Crippen LogP) is 3.12. The molecule has 8 heteroatoms. The van der Waals surface area contributed by atoms with E-state index in [9.17, 15) is 4.79 Å². The number of hydrogen-bond donors (Lipinski definition) is 3. The van der Waals surface area contributed by atoms with Crippen molar-refractivity contribution in [1.29, 1.82) is 0 Å². The van der Waals surface area contributed by atoms with Gasteiger partial charge in [-0.2, -0.15) is 0 Å². The highest BCUT2D eigenvalue weighted by atomic mass is 127. The van der Waals surface area contributed by atoms with Gasteiger partial charge in [-0.1, -0.05) is 30.3 Å². The largest absolute Gasteiger partial charge is 0.494 e. The molecule has 2 aromatic carbocycles. The average molecular weight is 553 g/mol. The summed E-state index contributed by atoms with van der Waals surface area (Å²) in [5, 5.41) is 9.52. The van der Waals surface area contributed by atoms with Gasteiger partial charge in [0.05, 0.1) is 13.2 Å². The monoisotopic (exact) mass is 553 g/mol. The van der Waals surface area contributed by atoms with Crippen molar-refractivity contribution in [2.24, 2.45) is 4.99 Å². The van der Waals surface area contributed by atoms with E-state index in [1.165, 1.54) is 0 Å². The molecule has 0 aliphatic rings. The van der Waals surface area contributed by atoms with Crippen LogP contribution in [-0.4, -0.2) is 63.6 Å². The lowest BCUT2D eigenvalue weighted by atomic mass is 10.1. The SMILES string of the molecule is CCNC(=NCc1cccc(C(=O)NCCN(C)C)c1)NCCCOc1ccccc1.I. The van der Waals surface area contributed by atoms with E-state index < -0.39 is 0 Å². The number of amides is 1. The minimum atomic E-state index is -0.0591. The topological polar surface area (TPSA) is 78.0 Å². The third-order valence-electron chi connectivity index (χ3n) is 4.42. The zero-order valence-electron chi connectivity index (χ0n) is 19.3. The van der Waals surface area contributed by atoms with Gasteiger partial charge in [-0.3, -0.25) is 4.79 Å². The van der Waals surface area contributed by atoms with Crippen molar-refractivity contribution in [1.82, 2.24) is 20.9 Å². The Hall–Kier alpha value is -2.33. The van der Waals surface area contributed by atoms with Crippen LogP contribution in [-0.2, 0) is 6.54 Å². The normalized spacial score (nSPS) is 10.9. The number of halogens is 1. The van der Waals surface area contributed by atoms with Gasteiger partial charge in [0.2, 0.25) is 0 Å². The van der Waals surface area contributed by atoms with E-state index in [1.807, 2.05) is 80.5 Å². The van der Waals surface area contributed by atoms with E-state index in [-0.39, 0.29) is 29.9 Å². The molecule has 7 nitrogen and oxygen atoms in total. The summed E-state index contributed by atoms with van der Waals surface area (Å²) in [4.78, 5) is 19.0. The van der Waals surface area contributed by atoms with E-state index in [0.29, 0.717) is 25.3 Å². The number of ether oxygens (including phenoxy) is 1. The standard InChI is InChI=1S/C24H35N5O2.HI/c1-4-25-24(27-14-9-17-31-22-12-6-5-7-13-22)28-19-20-10-8-11-21(18-20)23(30)26-15-16-29(2)3;/h5-8,10-13,18H,4,9,14-17,19H2,1-3H3,(H,26,30)(H2,25,27,28);1H. The van der Waals surface area contributed by atoms with Crippen LogP contribution in [0.4, 0.5) is 0 Å². The van der Waals surface area contributed by atoms with Crippen LogP contribution in [0.2, 0.25) is 0 Å². The van der Waals surface area contributed by atoms with E-state index in [2.05, 4.69) is 20.9 Å². The number of guanidine groups is 1.